The molecule has 0 aliphatic rings. The summed E-state index contributed by atoms with van der Waals surface area (Å²) in [5.41, 5.74) is 4.70. The second-order valence-electron chi connectivity index (χ2n) is 6.07. The average molecular weight is 442 g/mol. The minimum absolute atomic E-state index is 0.00651. The molecule has 0 saturated carbocycles. The first kappa shape index (κ1) is 17.8. The zero-order chi connectivity index (χ0) is 19.0. The molecule has 0 amide bonds. The summed E-state index contributed by atoms with van der Waals surface area (Å²) in [7, 11) is 0. The number of benzene rings is 3. The maximum atomic E-state index is 10.1. The highest BCUT2D eigenvalue weighted by molar-refractivity contribution is 9.10. The quantitative estimate of drug-likeness (QED) is 0.361. The zero-order valence-corrected chi connectivity index (χ0v) is 16.6. The molecule has 4 nitrogen and oxygen atoms in total. The van der Waals surface area contributed by atoms with Crippen LogP contribution in [0, 0.1) is 6.92 Å². The lowest BCUT2D eigenvalue weighted by molar-refractivity contribution is 0.474. The summed E-state index contributed by atoms with van der Waals surface area (Å²) in [4.78, 5) is 9.01. The van der Waals surface area contributed by atoms with E-state index in [-0.39, 0.29) is 10.8 Å². The molecule has 27 heavy (non-hydrogen) atoms. The van der Waals surface area contributed by atoms with Gasteiger partial charge in [0, 0.05) is 21.8 Å². The Kier molecular flexibility index (Phi) is 4.72. The minimum atomic E-state index is -0.00651. The van der Waals surface area contributed by atoms with Crippen LogP contribution in [-0.2, 0) is 0 Å². The Bertz CT molecular complexity index is 1180. The zero-order valence-electron chi connectivity index (χ0n) is 14.3. The van der Waals surface area contributed by atoms with Gasteiger partial charge >= 0.3 is 0 Å². The van der Waals surface area contributed by atoms with Crippen LogP contribution >= 0.6 is 27.5 Å². The van der Waals surface area contributed by atoms with Crippen molar-refractivity contribution in [1.82, 2.24) is 4.98 Å². The molecule has 4 aromatic rings. The van der Waals surface area contributed by atoms with Gasteiger partial charge in [0.15, 0.2) is 5.58 Å². The van der Waals surface area contributed by atoms with Crippen molar-refractivity contribution < 1.29 is 9.52 Å². The molecule has 0 atom stereocenters. The Hall–Kier alpha value is -2.63. The molecule has 0 saturated heterocycles. The predicted octanol–water partition coefficient (Wildman–Crippen LogP) is 6.68. The van der Waals surface area contributed by atoms with Crippen LogP contribution in [0.15, 0.2) is 68.5 Å². The third-order valence-corrected chi connectivity index (χ3v) is 4.90. The van der Waals surface area contributed by atoms with Crippen LogP contribution in [-0.4, -0.2) is 16.3 Å². The number of aliphatic imine (C=N–C) groups is 1. The van der Waals surface area contributed by atoms with Crippen molar-refractivity contribution in [2.45, 2.75) is 6.92 Å². The summed E-state index contributed by atoms with van der Waals surface area (Å²) in [6.07, 6.45) is 1.56. The molecule has 0 spiro atoms. The molecule has 0 unspecified atom stereocenters. The molecular weight excluding hydrogens is 428 g/mol. The van der Waals surface area contributed by atoms with E-state index in [0.29, 0.717) is 22.7 Å². The number of aromatic nitrogens is 1. The van der Waals surface area contributed by atoms with Gasteiger partial charge in [0.2, 0.25) is 5.89 Å². The van der Waals surface area contributed by atoms with Crippen molar-refractivity contribution in [2.24, 2.45) is 4.99 Å². The molecule has 1 aromatic heterocycles. The molecule has 0 fully saturated rings. The lowest BCUT2D eigenvalue weighted by atomic mass is 10.1. The lowest BCUT2D eigenvalue weighted by Gasteiger charge is -2.02. The van der Waals surface area contributed by atoms with Crippen molar-refractivity contribution in [3.63, 3.8) is 0 Å². The second-order valence-corrected chi connectivity index (χ2v) is 7.39. The van der Waals surface area contributed by atoms with Crippen molar-refractivity contribution >= 4 is 50.5 Å². The van der Waals surface area contributed by atoms with Gasteiger partial charge in [-0.2, -0.15) is 0 Å². The van der Waals surface area contributed by atoms with Crippen molar-refractivity contribution in [3.05, 3.63) is 75.2 Å². The molecule has 134 valence electrons. The maximum absolute atomic E-state index is 10.1. The van der Waals surface area contributed by atoms with E-state index >= 15 is 0 Å². The molecular formula is C21H14BrClN2O2. The number of aromatic hydroxyl groups is 1. The van der Waals surface area contributed by atoms with Gasteiger partial charge in [-0.3, -0.25) is 4.99 Å². The summed E-state index contributed by atoms with van der Waals surface area (Å²) in [6, 6.07) is 16.8. The van der Waals surface area contributed by atoms with Crippen molar-refractivity contribution in [3.8, 4) is 17.2 Å². The minimum Gasteiger partial charge on any atom is -0.506 e. The van der Waals surface area contributed by atoms with Gasteiger partial charge in [-0.25, -0.2) is 4.98 Å². The summed E-state index contributed by atoms with van der Waals surface area (Å²) in [5.74, 6) is 0.577. The molecule has 0 aliphatic heterocycles. The largest absolute Gasteiger partial charge is 0.506 e. The number of halogens is 2. The molecule has 1 N–H and O–H groups in total. The Balaban J connectivity index is 1.69. The van der Waals surface area contributed by atoms with Gasteiger partial charge < -0.3 is 9.52 Å². The van der Waals surface area contributed by atoms with Crippen molar-refractivity contribution in [2.75, 3.05) is 0 Å². The highest BCUT2D eigenvalue weighted by Crippen LogP contribution is 2.31. The van der Waals surface area contributed by atoms with Gasteiger partial charge in [0.25, 0.3) is 0 Å². The van der Waals surface area contributed by atoms with Gasteiger partial charge in [0.1, 0.15) is 11.3 Å². The number of hydrogen-bond acceptors (Lipinski definition) is 4. The third-order valence-electron chi connectivity index (χ3n) is 4.16. The monoisotopic (exact) mass is 440 g/mol. The Morgan fingerprint density at radius 3 is 2.78 bits per heavy atom. The van der Waals surface area contributed by atoms with Crippen molar-refractivity contribution in [1.29, 1.82) is 0 Å². The number of phenols is 1. The number of oxazole rings is 1. The summed E-state index contributed by atoms with van der Waals surface area (Å²) in [5, 5.41) is 10.3. The van der Waals surface area contributed by atoms with E-state index in [1.54, 1.807) is 18.3 Å². The Morgan fingerprint density at radius 2 is 1.96 bits per heavy atom. The van der Waals surface area contributed by atoms with Crippen LogP contribution in [0.5, 0.6) is 5.75 Å². The van der Waals surface area contributed by atoms with Crippen LogP contribution in [0.1, 0.15) is 11.1 Å². The van der Waals surface area contributed by atoms with E-state index in [1.165, 1.54) is 0 Å². The SMILES string of the molecule is Cc1ccccc1-c1nc2cc(N=Cc3cc(Br)cc(Cl)c3O)ccc2o1. The summed E-state index contributed by atoms with van der Waals surface area (Å²) < 4.78 is 6.64. The average Bonchev–Trinajstić information content (AvgIpc) is 3.07. The normalized spacial score (nSPS) is 11.5. The van der Waals surface area contributed by atoms with Crippen LogP contribution < -0.4 is 0 Å². The van der Waals surface area contributed by atoms with Crippen LogP contribution in [0.2, 0.25) is 5.02 Å². The molecule has 4 rings (SSSR count). The summed E-state index contributed by atoms with van der Waals surface area (Å²) >= 11 is 9.35. The Morgan fingerprint density at radius 1 is 1.15 bits per heavy atom. The smallest absolute Gasteiger partial charge is 0.227 e. The van der Waals surface area contributed by atoms with Gasteiger partial charge in [-0.05, 0) is 48.9 Å². The number of phenolic OH excluding ortho intramolecular Hbond substituents is 1. The lowest BCUT2D eigenvalue weighted by Crippen LogP contribution is -1.84. The molecule has 0 aliphatic carbocycles. The van der Waals surface area contributed by atoms with E-state index in [9.17, 15) is 5.11 Å². The van der Waals surface area contributed by atoms with E-state index in [1.807, 2.05) is 49.4 Å². The van der Waals surface area contributed by atoms with Gasteiger partial charge in [0.05, 0.1) is 10.7 Å². The van der Waals surface area contributed by atoms with Crippen LogP contribution in [0.4, 0.5) is 5.69 Å². The number of hydrogen-bond donors (Lipinski definition) is 1. The number of nitrogens with zero attached hydrogens (tertiary/aromatic N) is 2. The third kappa shape index (κ3) is 3.61. The summed E-state index contributed by atoms with van der Waals surface area (Å²) in [6.45, 7) is 2.02. The van der Waals surface area contributed by atoms with E-state index in [4.69, 9.17) is 16.0 Å². The first-order chi connectivity index (χ1) is 13.0. The Labute approximate surface area is 169 Å². The van der Waals surface area contributed by atoms with E-state index in [0.717, 1.165) is 21.1 Å². The fourth-order valence-electron chi connectivity index (χ4n) is 2.75. The van der Waals surface area contributed by atoms with Crippen LogP contribution in [0.3, 0.4) is 0 Å². The van der Waals surface area contributed by atoms with E-state index < -0.39 is 0 Å². The number of rotatable bonds is 3. The van der Waals surface area contributed by atoms with Gasteiger partial charge in [-0.1, -0.05) is 45.7 Å². The highest BCUT2D eigenvalue weighted by atomic mass is 79.9. The maximum Gasteiger partial charge on any atom is 0.227 e. The predicted molar refractivity (Wildman–Crippen MR) is 112 cm³/mol. The van der Waals surface area contributed by atoms with Gasteiger partial charge in [-0.15, -0.1) is 0 Å². The van der Waals surface area contributed by atoms with Crippen LogP contribution in [0.25, 0.3) is 22.6 Å². The number of aryl methyl sites for hydroxylation is 1. The fraction of sp³-hybridized carbons (Fsp3) is 0.0476. The molecule has 0 radical (unpaired) electrons. The molecule has 0 bridgehead atoms. The number of fused-ring (bicyclic) bond motifs is 1. The fourth-order valence-corrected chi connectivity index (χ4v) is 3.59. The first-order valence-corrected chi connectivity index (χ1v) is 9.37. The highest BCUT2D eigenvalue weighted by Gasteiger charge is 2.11. The topological polar surface area (TPSA) is 58.6 Å². The molecule has 3 aromatic carbocycles. The molecule has 6 heteroatoms. The second kappa shape index (κ2) is 7.18. The standard InChI is InChI=1S/C21H14BrClN2O2/c1-12-4-2-3-5-16(12)21-25-18-10-15(6-7-19(18)27-21)24-11-13-8-14(22)9-17(23)20(13)26/h2-11,26H,1H3. The first-order valence-electron chi connectivity index (χ1n) is 8.20. The molecule has 1 heterocycles. The van der Waals surface area contributed by atoms with E-state index in [2.05, 4.69) is 25.9 Å².